The summed E-state index contributed by atoms with van der Waals surface area (Å²) in [4.78, 5) is 5.12. The minimum Gasteiger partial charge on any atom is -0.384 e. The van der Waals surface area contributed by atoms with Crippen molar-refractivity contribution in [3.8, 4) is 0 Å². The third-order valence-electron chi connectivity index (χ3n) is 5.67. The first-order valence-electron chi connectivity index (χ1n) is 10.8. The van der Waals surface area contributed by atoms with Gasteiger partial charge in [0.15, 0.2) is 0 Å². The summed E-state index contributed by atoms with van der Waals surface area (Å²) in [7, 11) is 0. The third-order valence-corrected chi connectivity index (χ3v) is 7.21. The zero-order valence-electron chi connectivity index (χ0n) is 18.8. The highest BCUT2D eigenvalue weighted by atomic mass is 35.5. The molecule has 2 aromatic carbocycles. The second-order valence-electron chi connectivity index (χ2n) is 8.33. The molecule has 0 fully saturated rings. The maximum absolute atomic E-state index is 11.5. The maximum atomic E-state index is 11.5. The number of hydrogen-bond donors (Lipinski definition) is 1. The van der Waals surface area contributed by atoms with Crippen LogP contribution < -0.4 is 0 Å². The van der Waals surface area contributed by atoms with Gasteiger partial charge >= 0.3 is 0 Å². The van der Waals surface area contributed by atoms with Gasteiger partial charge in [0, 0.05) is 45.1 Å². The van der Waals surface area contributed by atoms with Crippen molar-refractivity contribution in [2.24, 2.45) is 0 Å². The summed E-state index contributed by atoms with van der Waals surface area (Å²) in [5.41, 5.74) is 5.17. The summed E-state index contributed by atoms with van der Waals surface area (Å²) in [6, 6.07) is 19.5. The van der Waals surface area contributed by atoms with Crippen LogP contribution in [0.3, 0.4) is 0 Å². The molecule has 0 radical (unpaired) electrons. The van der Waals surface area contributed by atoms with Gasteiger partial charge in [0.05, 0.1) is 5.03 Å². The molecule has 0 unspecified atom stereocenters. The molecule has 0 saturated heterocycles. The van der Waals surface area contributed by atoms with E-state index in [1.807, 2.05) is 54.6 Å². The largest absolute Gasteiger partial charge is 0.384 e. The van der Waals surface area contributed by atoms with E-state index >= 15 is 0 Å². The van der Waals surface area contributed by atoms with Crippen LogP contribution in [0.1, 0.15) is 53.8 Å². The Morgan fingerprint density at radius 1 is 0.939 bits per heavy atom. The van der Waals surface area contributed by atoms with E-state index in [4.69, 9.17) is 23.2 Å². The van der Waals surface area contributed by atoms with E-state index < -0.39 is 6.10 Å². The lowest BCUT2D eigenvalue weighted by Gasteiger charge is -2.17. The number of nitrogens with zero attached hydrogens (tertiary/aromatic N) is 2. The smallest absolute Gasteiger partial charge is 0.106 e. The van der Waals surface area contributed by atoms with Gasteiger partial charge in [-0.2, -0.15) is 0 Å². The highest BCUT2D eigenvalue weighted by molar-refractivity contribution is 7.99. The van der Waals surface area contributed by atoms with Gasteiger partial charge in [0.1, 0.15) is 6.10 Å². The highest BCUT2D eigenvalue weighted by Gasteiger charge is 2.28. The zero-order chi connectivity index (χ0) is 23.5. The van der Waals surface area contributed by atoms with E-state index in [1.54, 1.807) is 30.2 Å². The molecule has 3 nitrogen and oxygen atoms in total. The van der Waals surface area contributed by atoms with Gasteiger partial charge in [-0.05, 0) is 59.9 Å². The van der Waals surface area contributed by atoms with E-state index in [-0.39, 0.29) is 5.92 Å². The van der Waals surface area contributed by atoms with Gasteiger partial charge in [0.25, 0.3) is 0 Å². The Morgan fingerprint density at radius 2 is 1.58 bits per heavy atom. The van der Waals surface area contributed by atoms with Crippen molar-refractivity contribution in [2.45, 2.75) is 49.3 Å². The van der Waals surface area contributed by atoms with Crippen LogP contribution in [-0.2, 0) is 6.54 Å². The Morgan fingerprint density at radius 3 is 2.18 bits per heavy atom. The molecule has 0 bridgehead atoms. The minimum absolute atomic E-state index is 0.202. The van der Waals surface area contributed by atoms with Crippen molar-refractivity contribution in [3.05, 3.63) is 111 Å². The van der Waals surface area contributed by atoms with Crippen molar-refractivity contribution in [1.82, 2.24) is 9.55 Å². The number of aliphatic hydroxyl groups excluding tert-OH is 1. The number of halogens is 2. The first-order chi connectivity index (χ1) is 15.8. The molecule has 0 saturated carbocycles. The Labute approximate surface area is 209 Å². The van der Waals surface area contributed by atoms with Crippen molar-refractivity contribution >= 4 is 35.0 Å². The molecule has 0 amide bonds. The summed E-state index contributed by atoms with van der Waals surface area (Å²) in [6.07, 6.45) is 2.89. The molecule has 0 spiro atoms. The highest BCUT2D eigenvalue weighted by Crippen LogP contribution is 2.44. The predicted molar refractivity (Wildman–Crippen MR) is 138 cm³/mol. The van der Waals surface area contributed by atoms with Crippen LogP contribution in [0.25, 0.3) is 0 Å². The number of benzene rings is 2. The van der Waals surface area contributed by atoms with E-state index in [0.717, 1.165) is 37.9 Å². The van der Waals surface area contributed by atoms with E-state index in [9.17, 15) is 5.11 Å². The van der Waals surface area contributed by atoms with Crippen molar-refractivity contribution in [1.29, 1.82) is 0 Å². The molecule has 0 aliphatic carbocycles. The standard InChI is InChI=1S/C27H26Cl2N2OS/c1-17(2)24-25(26(32)20-7-5-4-6-8-20)18(3)31(16-19-9-11-30-12-10-19)27(24)33-23-14-21(28)13-22(29)15-23/h4-15,17,26,32H,16H2,1-3H3/t26-/m1/s1. The summed E-state index contributed by atoms with van der Waals surface area (Å²) >= 11 is 14.2. The first kappa shape index (κ1) is 23.9. The molecule has 0 aliphatic rings. The predicted octanol–water partition coefficient (Wildman–Crippen LogP) is 7.90. The molecule has 1 atom stereocenters. The van der Waals surface area contributed by atoms with Gasteiger partial charge < -0.3 is 9.67 Å². The summed E-state index contributed by atoms with van der Waals surface area (Å²) in [6.45, 7) is 7.10. The molecule has 2 aromatic heterocycles. The minimum atomic E-state index is -0.718. The van der Waals surface area contributed by atoms with Crippen LogP contribution in [0.2, 0.25) is 10.0 Å². The lowest BCUT2D eigenvalue weighted by Crippen LogP contribution is -2.06. The van der Waals surface area contributed by atoms with Crippen LogP contribution in [0.4, 0.5) is 0 Å². The van der Waals surface area contributed by atoms with Crippen molar-refractivity contribution in [2.75, 3.05) is 0 Å². The Kier molecular flexibility index (Phi) is 7.50. The molecule has 170 valence electrons. The van der Waals surface area contributed by atoms with E-state index in [2.05, 4.69) is 30.3 Å². The SMILES string of the molecule is Cc1c([C@H](O)c2ccccc2)c(C(C)C)c(Sc2cc(Cl)cc(Cl)c2)n1Cc1ccncc1. The fourth-order valence-electron chi connectivity index (χ4n) is 4.13. The first-order valence-corrected chi connectivity index (χ1v) is 12.4. The average Bonchev–Trinajstić information content (AvgIpc) is 3.05. The Bertz CT molecular complexity index is 1220. The van der Waals surface area contributed by atoms with Gasteiger partial charge in [-0.1, -0.05) is 79.1 Å². The fourth-order valence-corrected chi connectivity index (χ4v) is 6.15. The maximum Gasteiger partial charge on any atom is 0.106 e. The monoisotopic (exact) mass is 496 g/mol. The number of aliphatic hydroxyl groups is 1. The topological polar surface area (TPSA) is 38.0 Å². The molecular formula is C27H26Cl2N2OS. The average molecular weight is 497 g/mol. The van der Waals surface area contributed by atoms with Crippen LogP contribution in [-0.4, -0.2) is 14.7 Å². The van der Waals surface area contributed by atoms with Crippen LogP contribution >= 0.6 is 35.0 Å². The summed E-state index contributed by atoms with van der Waals surface area (Å²) in [5.74, 6) is 0.202. The Hall–Kier alpha value is -2.24. The van der Waals surface area contributed by atoms with Crippen LogP contribution in [0.15, 0.2) is 83.0 Å². The van der Waals surface area contributed by atoms with Crippen LogP contribution in [0.5, 0.6) is 0 Å². The lowest BCUT2D eigenvalue weighted by atomic mass is 9.93. The van der Waals surface area contributed by atoms with E-state index in [1.165, 1.54) is 0 Å². The lowest BCUT2D eigenvalue weighted by molar-refractivity contribution is 0.218. The van der Waals surface area contributed by atoms with E-state index in [0.29, 0.717) is 16.6 Å². The molecule has 33 heavy (non-hydrogen) atoms. The number of pyridine rings is 1. The van der Waals surface area contributed by atoms with Gasteiger partial charge in [-0.15, -0.1) is 0 Å². The normalized spacial score (nSPS) is 12.3. The molecular weight excluding hydrogens is 471 g/mol. The molecule has 1 N–H and O–H groups in total. The second kappa shape index (κ2) is 10.4. The van der Waals surface area contributed by atoms with Gasteiger partial charge in [-0.25, -0.2) is 0 Å². The molecule has 4 aromatic rings. The zero-order valence-corrected chi connectivity index (χ0v) is 21.1. The second-order valence-corrected chi connectivity index (χ2v) is 10.3. The number of aromatic nitrogens is 2. The Balaban J connectivity index is 1.91. The third kappa shape index (κ3) is 5.30. The summed E-state index contributed by atoms with van der Waals surface area (Å²) in [5, 5.41) is 13.8. The summed E-state index contributed by atoms with van der Waals surface area (Å²) < 4.78 is 2.28. The molecule has 0 aliphatic heterocycles. The number of hydrogen-bond acceptors (Lipinski definition) is 3. The number of rotatable bonds is 7. The fraction of sp³-hybridized carbons (Fsp3) is 0.222. The van der Waals surface area contributed by atoms with Crippen molar-refractivity contribution < 1.29 is 5.11 Å². The van der Waals surface area contributed by atoms with Gasteiger partial charge in [-0.3, -0.25) is 4.98 Å². The van der Waals surface area contributed by atoms with Crippen molar-refractivity contribution in [3.63, 3.8) is 0 Å². The quantitative estimate of drug-likeness (QED) is 0.282. The molecule has 6 heteroatoms. The van der Waals surface area contributed by atoms with Crippen LogP contribution in [0, 0.1) is 6.92 Å². The van der Waals surface area contributed by atoms with Gasteiger partial charge in [0.2, 0.25) is 0 Å². The molecule has 2 heterocycles. The molecule has 4 rings (SSSR count).